The van der Waals surface area contributed by atoms with Gasteiger partial charge in [0.15, 0.2) is 0 Å². The molecule has 6 nitrogen and oxygen atoms in total. The lowest BCUT2D eigenvalue weighted by atomic mass is 9.62. The number of carboxylic acids is 1. The van der Waals surface area contributed by atoms with E-state index >= 15 is 0 Å². The molecule has 6 rings (SSSR count). The summed E-state index contributed by atoms with van der Waals surface area (Å²) >= 11 is 13.0. The number of aliphatic carboxylic acids is 1. The van der Waals surface area contributed by atoms with E-state index in [0.29, 0.717) is 38.8 Å². The minimum Gasteiger partial charge on any atom is -0.480 e. The molecule has 1 amide bonds. The van der Waals surface area contributed by atoms with E-state index in [4.69, 9.17) is 23.2 Å². The topological polar surface area (TPSA) is 89.9 Å². The highest BCUT2D eigenvalue weighted by Crippen LogP contribution is 2.62. The quantitative estimate of drug-likeness (QED) is 0.190. The number of fused-ring (bicyclic) bond motifs is 2. The number of anilines is 1. The van der Waals surface area contributed by atoms with Gasteiger partial charge in [0.05, 0.1) is 12.1 Å². The highest BCUT2D eigenvalue weighted by atomic mass is 35.5. The van der Waals surface area contributed by atoms with Crippen molar-refractivity contribution in [3.05, 3.63) is 135 Å². The van der Waals surface area contributed by atoms with Gasteiger partial charge in [-0.05, 0) is 58.4 Å². The van der Waals surface area contributed by atoms with Crippen LogP contribution in [0.15, 0.2) is 103 Å². The third-order valence-electron chi connectivity index (χ3n) is 9.23. The fourth-order valence-corrected chi connectivity index (χ4v) is 8.03. The Hall–Kier alpha value is -3.68. The molecule has 45 heavy (non-hydrogen) atoms. The number of rotatable bonds is 7. The molecule has 0 aromatic heterocycles. The number of halogens is 2. The number of carbonyl (C=O) groups excluding carboxylic acids is 1. The van der Waals surface area contributed by atoms with Gasteiger partial charge in [-0.1, -0.05) is 123 Å². The summed E-state index contributed by atoms with van der Waals surface area (Å²) in [6, 6.07) is 28.5. The summed E-state index contributed by atoms with van der Waals surface area (Å²) in [6.07, 6.45) is -0.656. The number of aliphatic hydroxyl groups excluding tert-OH is 1. The molecule has 1 saturated heterocycles. The molecule has 0 radical (unpaired) electrons. The number of carbonyl (C=O) groups is 2. The Morgan fingerprint density at radius 3 is 2.11 bits per heavy atom. The van der Waals surface area contributed by atoms with E-state index in [2.05, 4.69) is 26.1 Å². The number of hydrogen-bond donors (Lipinski definition) is 3. The third kappa shape index (κ3) is 5.44. The molecule has 8 heteroatoms. The molecule has 232 valence electrons. The van der Waals surface area contributed by atoms with Gasteiger partial charge in [0, 0.05) is 27.7 Å². The molecule has 1 spiro atoms. The number of benzene rings is 4. The Morgan fingerprint density at radius 2 is 1.51 bits per heavy atom. The SMILES string of the molecule is CC(C)(C)CC1N(C(c2ccccc2)C(O)c2ccccc2)C(C(=O)O)C(c2cccc(Cl)c2)C12C(=O)Nc1cc(Cl)ccc12. The predicted molar refractivity (Wildman–Crippen MR) is 178 cm³/mol. The zero-order valence-electron chi connectivity index (χ0n) is 25.3. The van der Waals surface area contributed by atoms with Gasteiger partial charge in [0.25, 0.3) is 0 Å². The smallest absolute Gasteiger partial charge is 0.321 e. The maximum absolute atomic E-state index is 14.8. The van der Waals surface area contributed by atoms with E-state index in [-0.39, 0.29) is 11.3 Å². The van der Waals surface area contributed by atoms with Gasteiger partial charge in [-0.15, -0.1) is 0 Å². The van der Waals surface area contributed by atoms with Crippen molar-refractivity contribution in [3.63, 3.8) is 0 Å². The molecule has 6 atom stereocenters. The molecule has 1 fully saturated rings. The summed E-state index contributed by atoms with van der Waals surface area (Å²) in [5.41, 5.74) is 1.58. The zero-order valence-corrected chi connectivity index (χ0v) is 26.8. The van der Waals surface area contributed by atoms with Crippen molar-refractivity contribution < 1.29 is 19.8 Å². The van der Waals surface area contributed by atoms with Gasteiger partial charge >= 0.3 is 5.97 Å². The number of nitrogens with zero attached hydrogens (tertiary/aromatic N) is 1. The van der Waals surface area contributed by atoms with Crippen LogP contribution in [-0.2, 0) is 15.0 Å². The Morgan fingerprint density at radius 1 is 0.889 bits per heavy atom. The number of hydrogen-bond acceptors (Lipinski definition) is 4. The van der Waals surface area contributed by atoms with Crippen LogP contribution in [-0.4, -0.2) is 39.1 Å². The normalized spacial score (nSPS) is 24.3. The number of amides is 1. The van der Waals surface area contributed by atoms with E-state index in [1.807, 2.05) is 77.7 Å². The lowest BCUT2D eigenvalue weighted by Gasteiger charge is -2.43. The van der Waals surface area contributed by atoms with Gasteiger partial charge in [0.1, 0.15) is 11.5 Å². The van der Waals surface area contributed by atoms with Crippen LogP contribution in [0.2, 0.25) is 10.0 Å². The average Bonchev–Trinajstić information content (AvgIpc) is 3.44. The molecular formula is C37H36Cl2N2O4. The number of carboxylic acid groups (broad SMARTS) is 1. The Balaban J connectivity index is 1.71. The third-order valence-corrected chi connectivity index (χ3v) is 9.70. The first-order valence-corrected chi connectivity index (χ1v) is 15.8. The molecule has 2 aliphatic rings. The first-order valence-electron chi connectivity index (χ1n) is 15.1. The second kappa shape index (κ2) is 11.9. The fraction of sp³-hybridized carbons (Fsp3) is 0.297. The van der Waals surface area contributed by atoms with E-state index in [1.54, 1.807) is 30.3 Å². The maximum Gasteiger partial charge on any atom is 0.321 e. The summed E-state index contributed by atoms with van der Waals surface area (Å²) in [5, 5.41) is 27.5. The summed E-state index contributed by atoms with van der Waals surface area (Å²) < 4.78 is 0. The van der Waals surface area contributed by atoms with Crippen LogP contribution in [0.1, 0.15) is 67.5 Å². The molecule has 0 bridgehead atoms. The molecule has 3 N–H and O–H groups in total. The van der Waals surface area contributed by atoms with Crippen molar-refractivity contribution in [1.82, 2.24) is 4.90 Å². The fourth-order valence-electron chi connectivity index (χ4n) is 7.65. The minimum atomic E-state index is -1.36. The largest absolute Gasteiger partial charge is 0.480 e. The summed E-state index contributed by atoms with van der Waals surface area (Å²) in [7, 11) is 0. The van der Waals surface area contributed by atoms with Crippen molar-refractivity contribution in [2.75, 3.05) is 5.32 Å². The van der Waals surface area contributed by atoms with Crippen LogP contribution >= 0.6 is 23.2 Å². The maximum atomic E-state index is 14.8. The number of aliphatic hydroxyl groups is 1. The van der Waals surface area contributed by atoms with E-state index < -0.39 is 41.5 Å². The van der Waals surface area contributed by atoms with Crippen LogP contribution < -0.4 is 5.32 Å². The van der Waals surface area contributed by atoms with Crippen LogP contribution in [0.5, 0.6) is 0 Å². The standard InChI is InChI=1S/C37H36Cl2N2O4/c1-36(2,3)21-29-37(27-18-17-26(39)20-28(27)40-35(37)45)30(24-15-10-16-25(38)19-24)32(34(43)44)41(29)31(22-11-6-4-7-12-22)33(42)23-13-8-5-9-14-23/h4-20,29-33,42H,21H2,1-3H3,(H,40,45)(H,43,44). The van der Waals surface area contributed by atoms with Gasteiger partial charge < -0.3 is 15.5 Å². The average molecular weight is 644 g/mol. The summed E-state index contributed by atoms with van der Waals surface area (Å²) in [4.78, 5) is 30.5. The molecule has 4 aromatic rings. The van der Waals surface area contributed by atoms with Crippen LogP contribution in [0.25, 0.3) is 0 Å². The van der Waals surface area contributed by atoms with Crippen LogP contribution in [0, 0.1) is 5.41 Å². The van der Waals surface area contributed by atoms with Crippen molar-refractivity contribution in [3.8, 4) is 0 Å². The van der Waals surface area contributed by atoms with Crippen molar-refractivity contribution in [2.24, 2.45) is 5.41 Å². The minimum absolute atomic E-state index is 0.297. The van der Waals surface area contributed by atoms with Crippen molar-refractivity contribution >= 4 is 40.8 Å². The molecule has 0 saturated carbocycles. The number of likely N-dealkylation sites (tertiary alicyclic amines) is 1. The van der Waals surface area contributed by atoms with E-state index in [1.165, 1.54) is 0 Å². The Kier molecular flexibility index (Phi) is 8.29. The Bertz CT molecular complexity index is 1730. The molecular weight excluding hydrogens is 607 g/mol. The highest BCUT2D eigenvalue weighted by molar-refractivity contribution is 6.31. The van der Waals surface area contributed by atoms with Gasteiger partial charge in [-0.3, -0.25) is 14.5 Å². The molecule has 2 heterocycles. The Labute approximate surface area is 273 Å². The molecule has 0 aliphatic carbocycles. The van der Waals surface area contributed by atoms with Gasteiger partial charge in [-0.2, -0.15) is 0 Å². The molecule has 4 aromatic carbocycles. The lowest BCUT2D eigenvalue weighted by molar-refractivity contribution is -0.145. The van der Waals surface area contributed by atoms with E-state index in [9.17, 15) is 19.8 Å². The van der Waals surface area contributed by atoms with E-state index in [0.717, 1.165) is 5.56 Å². The van der Waals surface area contributed by atoms with Crippen molar-refractivity contribution in [1.29, 1.82) is 0 Å². The first kappa shape index (κ1) is 31.3. The van der Waals surface area contributed by atoms with Gasteiger partial charge in [0.2, 0.25) is 5.91 Å². The van der Waals surface area contributed by atoms with Crippen LogP contribution in [0.4, 0.5) is 5.69 Å². The van der Waals surface area contributed by atoms with Crippen molar-refractivity contribution in [2.45, 2.75) is 62.8 Å². The monoisotopic (exact) mass is 642 g/mol. The predicted octanol–water partition coefficient (Wildman–Crippen LogP) is 8.02. The first-order chi connectivity index (χ1) is 21.4. The second-order valence-corrected chi connectivity index (χ2v) is 14.1. The van der Waals surface area contributed by atoms with Gasteiger partial charge in [-0.25, -0.2) is 0 Å². The summed E-state index contributed by atoms with van der Waals surface area (Å²) in [6.45, 7) is 6.26. The second-order valence-electron chi connectivity index (χ2n) is 13.3. The summed E-state index contributed by atoms with van der Waals surface area (Å²) in [5.74, 6) is -2.25. The highest BCUT2D eigenvalue weighted by Gasteiger charge is 2.70. The molecule has 6 unspecified atom stereocenters. The lowest BCUT2D eigenvalue weighted by Crippen LogP contribution is -2.52. The van der Waals surface area contributed by atoms with Crippen LogP contribution in [0.3, 0.4) is 0 Å². The molecule has 2 aliphatic heterocycles. The number of nitrogens with one attached hydrogen (secondary N) is 1. The zero-order chi connectivity index (χ0) is 32.1.